The van der Waals surface area contributed by atoms with E-state index in [-0.39, 0.29) is 0 Å². The summed E-state index contributed by atoms with van der Waals surface area (Å²) in [6.45, 7) is 4.09. The van der Waals surface area contributed by atoms with Crippen molar-refractivity contribution in [3.05, 3.63) is 84.4 Å². The van der Waals surface area contributed by atoms with E-state index in [1.165, 1.54) is 5.69 Å². The number of rotatable bonds is 7. The molecule has 0 spiro atoms. The molecule has 1 aliphatic heterocycles. The second-order valence-electron chi connectivity index (χ2n) is 7.99. The van der Waals surface area contributed by atoms with E-state index in [0.717, 1.165) is 48.6 Å². The molecule has 1 aliphatic rings. The van der Waals surface area contributed by atoms with Crippen LogP contribution in [-0.4, -0.2) is 50.3 Å². The fraction of sp³-hybridized carbons (Fsp3) is 0.269. The lowest BCUT2D eigenvalue weighted by Gasteiger charge is -2.29. The van der Waals surface area contributed by atoms with Gasteiger partial charge in [-0.1, -0.05) is 54.6 Å². The molecule has 3 aromatic carbocycles. The van der Waals surface area contributed by atoms with Crippen LogP contribution in [0, 0.1) is 0 Å². The largest absolute Gasteiger partial charge is 0.480 e. The van der Waals surface area contributed by atoms with E-state index in [2.05, 4.69) is 46.6 Å². The van der Waals surface area contributed by atoms with E-state index in [4.69, 9.17) is 0 Å². The maximum atomic E-state index is 12.0. The highest BCUT2D eigenvalue weighted by Gasteiger charge is 2.23. The number of nitrogens with one attached hydrogen (secondary N) is 1. The van der Waals surface area contributed by atoms with Crippen molar-refractivity contribution in [3.63, 3.8) is 0 Å². The number of hydrogen-bond acceptors (Lipinski definition) is 4. The molecule has 0 bridgehead atoms. The Bertz CT molecular complexity index is 999. The number of nitrogens with zero attached hydrogens (tertiary/aromatic N) is 2. The first-order valence-corrected chi connectivity index (χ1v) is 10.8. The van der Waals surface area contributed by atoms with Crippen LogP contribution in [0.15, 0.2) is 78.9 Å². The lowest BCUT2D eigenvalue weighted by atomic mass is 10.0. The van der Waals surface area contributed by atoms with Gasteiger partial charge in [-0.25, -0.2) is 4.79 Å². The van der Waals surface area contributed by atoms with Gasteiger partial charge in [0.05, 0.1) is 0 Å². The van der Waals surface area contributed by atoms with Gasteiger partial charge < -0.3 is 20.2 Å². The first-order valence-electron chi connectivity index (χ1n) is 10.8. The minimum atomic E-state index is -0.822. The molecule has 1 saturated heterocycles. The fourth-order valence-corrected chi connectivity index (χ4v) is 4.10. The summed E-state index contributed by atoms with van der Waals surface area (Å²) >= 11 is 0. The number of aliphatic carboxylic acids is 1. The number of anilines is 2. The average Bonchev–Trinajstić information content (AvgIpc) is 2.83. The van der Waals surface area contributed by atoms with Gasteiger partial charge in [0.1, 0.15) is 6.04 Å². The predicted octanol–water partition coefficient (Wildman–Crippen LogP) is 3.90. The second-order valence-corrected chi connectivity index (χ2v) is 7.99. The van der Waals surface area contributed by atoms with Crippen molar-refractivity contribution in [2.75, 3.05) is 43.0 Å². The third-order valence-corrected chi connectivity index (χ3v) is 5.96. The van der Waals surface area contributed by atoms with E-state index in [9.17, 15) is 9.90 Å². The molecule has 0 aromatic heterocycles. The van der Waals surface area contributed by atoms with Crippen LogP contribution >= 0.6 is 0 Å². The van der Waals surface area contributed by atoms with Gasteiger partial charge in [0.15, 0.2) is 0 Å². The zero-order valence-corrected chi connectivity index (χ0v) is 17.9. The lowest BCUT2D eigenvalue weighted by Crippen LogP contribution is -2.43. The monoisotopic (exact) mass is 415 g/mol. The van der Waals surface area contributed by atoms with Crippen molar-refractivity contribution in [1.29, 1.82) is 0 Å². The molecule has 0 saturated carbocycles. The molecule has 0 unspecified atom stereocenters. The first kappa shape index (κ1) is 20.9. The van der Waals surface area contributed by atoms with Gasteiger partial charge in [0.25, 0.3) is 0 Å². The minimum absolute atomic E-state index is 0.455. The van der Waals surface area contributed by atoms with Crippen LogP contribution in [0.25, 0.3) is 11.1 Å². The maximum absolute atomic E-state index is 12.0. The molecule has 31 heavy (non-hydrogen) atoms. The van der Waals surface area contributed by atoms with E-state index in [1.807, 2.05) is 54.4 Å². The van der Waals surface area contributed by atoms with E-state index in [0.29, 0.717) is 6.42 Å². The van der Waals surface area contributed by atoms with Crippen LogP contribution in [0.4, 0.5) is 11.4 Å². The van der Waals surface area contributed by atoms with E-state index < -0.39 is 12.0 Å². The van der Waals surface area contributed by atoms with E-state index in [1.54, 1.807) is 0 Å². The van der Waals surface area contributed by atoms with Gasteiger partial charge in [-0.15, -0.1) is 0 Å². The smallest absolute Gasteiger partial charge is 0.326 e. The Kier molecular flexibility index (Phi) is 6.53. The highest BCUT2D eigenvalue weighted by molar-refractivity contribution is 5.79. The number of carboxylic acids is 1. The molecule has 3 aromatic rings. The summed E-state index contributed by atoms with van der Waals surface area (Å²) in [5.74, 6) is -0.822. The Morgan fingerprint density at radius 2 is 1.68 bits per heavy atom. The van der Waals surface area contributed by atoms with Gasteiger partial charge >= 0.3 is 5.97 Å². The van der Waals surface area contributed by atoms with Crippen LogP contribution in [0.5, 0.6) is 0 Å². The topological polar surface area (TPSA) is 55.8 Å². The van der Waals surface area contributed by atoms with Gasteiger partial charge in [-0.2, -0.15) is 0 Å². The standard InChI is InChI=1S/C26H29N3O2/c1-28(25(26(30)31)18-20-6-3-2-4-7-20)24-9-5-8-22(19-24)21-10-12-23(13-11-21)29-16-14-27-15-17-29/h2-13,19,25,27H,14-18H2,1H3,(H,30,31)/t25-/m0/s1. The van der Waals surface area contributed by atoms with Crippen LogP contribution in [0.2, 0.25) is 0 Å². The third-order valence-electron chi connectivity index (χ3n) is 5.96. The summed E-state index contributed by atoms with van der Waals surface area (Å²) in [7, 11) is 1.86. The zero-order valence-electron chi connectivity index (χ0n) is 17.9. The molecule has 160 valence electrons. The molecule has 1 fully saturated rings. The molecule has 2 N–H and O–H groups in total. The van der Waals surface area contributed by atoms with Crippen LogP contribution in [0.3, 0.4) is 0 Å². The van der Waals surface area contributed by atoms with Crippen LogP contribution in [-0.2, 0) is 11.2 Å². The van der Waals surface area contributed by atoms with Crippen LogP contribution in [0.1, 0.15) is 5.56 Å². The van der Waals surface area contributed by atoms with Crippen LogP contribution < -0.4 is 15.1 Å². The van der Waals surface area contributed by atoms with Crippen molar-refractivity contribution in [2.24, 2.45) is 0 Å². The van der Waals surface area contributed by atoms with Crippen molar-refractivity contribution in [2.45, 2.75) is 12.5 Å². The Labute approximate surface area is 183 Å². The molecule has 1 heterocycles. The second kappa shape index (κ2) is 9.67. The Morgan fingerprint density at radius 1 is 0.968 bits per heavy atom. The van der Waals surface area contributed by atoms with Gasteiger partial charge in [0.2, 0.25) is 0 Å². The highest BCUT2D eigenvalue weighted by Crippen LogP contribution is 2.28. The zero-order chi connectivity index (χ0) is 21.6. The highest BCUT2D eigenvalue weighted by atomic mass is 16.4. The van der Waals surface area contributed by atoms with Gasteiger partial charge in [-0.3, -0.25) is 0 Å². The lowest BCUT2D eigenvalue weighted by molar-refractivity contribution is -0.138. The Balaban J connectivity index is 1.53. The summed E-state index contributed by atoms with van der Waals surface area (Å²) in [6.07, 6.45) is 0.455. The summed E-state index contributed by atoms with van der Waals surface area (Å²) < 4.78 is 0. The number of carboxylic acid groups (broad SMARTS) is 1. The molecule has 4 rings (SSSR count). The molecule has 0 radical (unpaired) electrons. The quantitative estimate of drug-likeness (QED) is 0.613. The van der Waals surface area contributed by atoms with Crippen molar-refractivity contribution < 1.29 is 9.90 Å². The third kappa shape index (κ3) is 5.06. The molecule has 5 nitrogen and oxygen atoms in total. The Morgan fingerprint density at radius 3 is 2.35 bits per heavy atom. The molecule has 0 amide bonds. The molecular formula is C26H29N3O2. The molecule has 1 atom stereocenters. The van der Waals surface area contributed by atoms with Crippen molar-refractivity contribution in [3.8, 4) is 11.1 Å². The number of hydrogen-bond donors (Lipinski definition) is 2. The van der Waals surface area contributed by atoms with Crippen molar-refractivity contribution in [1.82, 2.24) is 5.32 Å². The summed E-state index contributed by atoms with van der Waals surface area (Å²) in [5.41, 5.74) is 5.37. The van der Waals surface area contributed by atoms with Gasteiger partial charge in [-0.05, 0) is 41.0 Å². The van der Waals surface area contributed by atoms with E-state index >= 15 is 0 Å². The summed E-state index contributed by atoms with van der Waals surface area (Å²) in [4.78, 5) is 16.3. The average molecular weight is 416 g/mol. The minimum Gasteiger partial charge on any atom is -0.480 e. The van der Waals surface area contributed by atoms with Crippen molar-refractivity contribution >= 4 is 17.3 Å². The summed E-state index contributed by atoms with van der Waals surface area (Å²) in [5, 5.41) is 13.2. The Hall–Kier alpha value is -3.31. The maximum Gasteiger partial charge on any atom is 0.326 e. The number of carbonyl (C=O) groups is 1. The number of piperazine rings is 1. The molecular weight excluding hydrogens is 386 g/mol. The number of likely N-dealkylation sites (N-methyl/N-ethyl adjacent to an activating group) is 1. The first-order chi connectivity index (χ1) is 15.1. The molecule has 5 heteroatoms. The summed E-state index contributed by atoms with van der Waals surface area (Å²) in [6, 6.07) is 25.9. The normalized spacial score (nSPS) is 14.8. The number of benzene rings is 3. The molecule has 0 aliphatic carbocycles. The predicted molar refractivity (Wildman–Crippen MR) is 127 cm³/mol. The SMILES string of the molecule is CN(c1cccc(-c2ccc(N3CCNCC3)cc2)c1)[C@@H](Cc1ccccc1)C(=O)O. The van der Waals surface area contributed by atoms with Gasteiger partial charge in [0, 0.05) is 51.0 Å². The fourth-order valence-electron chi connectivity index (χ4n) is 4.10.